The fourth-order valence-electron chi connectivity index (χ4n) is 3.10. The van der Waals surface area contributed by atoms with Gasteiger partial charge in [0, 0.05) is 32.2 Å². The van der Waals surface area contributed by atoms with Crippen LogP contribution in [-0.4, -0.2) is 70.7 Å². The third-order valence-electron chi connectivity index (χ3n) is 4.56. The van der Waals surface area contributed by atoms with E-state index < -0.39 is 6.10 Å². The molecular formula is C18H18N4O5. The zero-order valence-electron chi connectivity index (χ0n) is 14.5. The molecule has 9 nitrogen and oxygen atoms in total. The van der Waals surface area contributed by atoms with Gasteiger partial charge in [-0.3, -0.25) is 14.4 Å². The van der Waals surface area contributed by atoms with Crippen LogP contribution in [0.4, 0.5) is 0 Å². The second-order valence-electron chi connectivity index (χ2n) is 6.29. The van der Waals surface area contributed by atoms with Gasteiger partial charge in [0.25, 0.3) is 17.4 Å². The monoisotopic (exact) mass is 370 g/mol. The van der Waals surface area contributed by atoms with Crippen LogP contribution < -0.4 is 15.0 Å². The first kappa shape index (κ1) is 17.1. The first-order valence-electron chi connectivity index (χ1n) is 8.64. The van der Waals surface area contributed by atoms with Gasteiger partial charge in [0.05, 0.1) is 0 Å². The van der Waals surface area contributed by atoms with Crippen molar-refractivity contribution in [2.75, 3.05) is 32.8 Å². The van der Waals surface area contributed by atoms with Gasteiger partial charge in [0.15, 0.2) is 11.5 Å². The average molecular weight is 370 g/mol. The van der Waals surface area contributed by atoms with Crippen LogP contribution in [-0.2, 0) is 4.79 Å². The van der Waals surface area contributed by atoms with Crippen molar-refractivity contribution in [1.82, 2.24) is 20.0 Å². The number of benzene rings is 1. The Kier molecular flexibility index (Phi) is 4.49. The Labute approximate surface area is 154 Å². The Balaban J connectivity index is 1.35. The molecular weight excluding hydrogens is 352 g/mol. The quantitative estimate of drug-likeness (QED) is 0.791. The van der Waals surface area contributed by atoms with Crippen LogP contribution in [0.5, 0.6) is 11.5 Å². The maximum Gasteiger partial charge on any atom is 0.274 e. The number of carbonyl (C=O) groups excluding carboxylic acids is 2. The van der Waals surface area contributed by atoms with Crippen molar-refractivity contribution in [2.24, 2.45) is 0 Å². The largest absolute Gasteiger partial charge is 0.485 e. The summed E-state index contributed by atoms with van der Waals surface area (Å²) in [4.78, 5) is 39.5. The molecule has 2 amide bonds. The van der Waals surface area contributed by atoms with E-state index in [2.05, 4.69) is 10.2 Å². The van der Waals surface area contributed by atoms with Gasteiger partial charge in [-0.05, 0) is 18.2 Å². The van der Waals surface area contributed by atoms with Crippen LogP contribution in [0.2, 0.25) is 0 Å². The molecule has 3 heterocycles. The summed E-state index contributed by atoms with van der Waals surface area (Å²) < 4.78 is 11.4. The Hall–Kier alpha value is -3.36. The smallest absolute Gasteiger partial charge is 0.274 e. The number of nitrogens with zero attached hydrogens (tertiary/aromatic N) is 3. The third kappa shape index (κ3) is 3.48. The number of fused-ring (bicyclic) bond motifs is 1. The highest BCUT2D eigenvalue weighted by Gasteiger charge is 2.33. The maximum absolute atomic E-state index is 12.7. The minimum absolute atomic E-state index is 0.154. The Morgan fingerprint density at radius 1 is 1.00 bits per heavy atom. The molecule has 0 spiro atoms. The molecule has 9 heteroatoms. The van der Waals surface area contributed by atoms with Gasteiger partial charge in [-0.25, -0.2) is 5.10 Å². The number of ether oxygens (including phenoxy) is 2. The molecule has 2 aliphatic rings. The lowest BCUT2D eigenvalue weighted by Crippen LogP contribution is -2.55. The minimum atomic E-state index is -0.692. The lowest BCUT2D eigenvalue weighted by atomic mass is 10.2. The first-order valence-corrected chi connectivity index (χ1v) is 8.64. The molecule has 0 aliphatic carbocycles. The second-order valence-corrected chi connectivity index (χ2v) is 6.29. The molecule has 2 aromatic rings. The van der Waals surface area contributed by atoms with E-state index in [4.69, 9.17) is 9.47 Å². The summed E-state index contributed by atoms with van der Waals surface area (Å²) in [6, 6.07) is 9.89. The van der Waals surface area contributed by atoms with E-state index in [9.17, 15) is 14.4 Å². The lowest BCUT2D eigenvalue weighted by Gasteiger charge is -2.37. The number of hydrogen-bond donors (Lipinski definition) is 1. The van der Waals surface area contributed by atoms with Crippen molar-refractivity contribution in [1.29, 1.82) is 0 Å². The third-order valence-corrected chi connectivity index (χ3v) is 4.56. The maximum atomic E-state index is 12.7. The number of hydrogen-bond acceptors (Lipinski definition) is 6. The van der Waals surface area contributed by atoms with Crippen molar-refractivity contribution in [3.63, 3.8) is 0 Å². The number of rotatable bonds is 2. The Morgan fingerprint density at radius 3 is 2.41 bits per heavy atom. The van der Waals surface area contributed by atoms with Crippen LogP contribution in [0.25, 0.3) is 0 Å². The molecule has 0 unspecified atom stereocenters. The average Bonchev–Trinajstić information content (AvgIpc) is 2.73. The minimum Gasteiger partial charge on any atom is -0.485 e. The van der Waals surface area contributed by atoms with E-state index in [-0.39, 0.29) is 29.7 Å². The Morgan fingerprint density at radius 2 is 1.70 bits per heavy atom. The number of H-pyrrole nitrogens is 1. The molecule has 0 bridgehead atoms. The molecule has 2 aliphatic heterocycles. The van der Waals surface area contributed by atoms with Crippen molar-refractivity contribution in [2.45, 2.75) is 6.10 Å². The molecule has 1 N–H and O–H groups in total. The predicted molar refractivity (Wildman–Crippen MR) is 93.7 cm³/mol. The van der Waals surface area contributed by atoms with Crippen LogP contribution >= 0.6 is 0 Å². The highest BCUT2D eigenvalue weighted by molar-refractivity contribution is 5.92. The van der Waals surface area contributed by atoms with E-state index in [1.807, 2.05) is 12.1 Å². The highest BCUT2D eigenvalue weighted by atomic mass is 16.6. The van der Waals surface area contributed by atoms with Crippen molar-refractivity contribution in [3.8, 4) is 11.5 Å². The Bertz CT molecular complexity index is 899. The van der Waals surface area contributed by atoms with Gasteiger partial charge in [0.2, 0.25) is 6.10 Å². The molecule has 0 radical (unpaired) electrons. The van der Waals surface area contributed by atoms with Gasteiger partial charge in [-0.15, -0.1) is 0 Å². The number of amides is 2. The summed E-state index contributed by atoms with van der Waals surface area (Å²) in [5.74, 6) is 0.758. The molecule has 1 fully saturated rings. The summed E-state index contributed by atoms with van der Waals surface area (Å²) in [6.45, 7) is 1.73. The van der Waals surface area contributed by atoms with Gasteiger partial charge >= 0.3 is 0 Å². The SMILES string of the molecule is O=C(c1ccc(=O)[nH]n1)N1CCN(C(=O)[C@H]2COc3ccccc3O2)CC1. The normalized spacial score (nSPS) is 18.9. The van der Waals surface area contributed by atoms with Crippen LogP contribution in [0.15, 0.2) is 41.2 Å². The molecule has 4 rings (SSSR count). The first-order chi connectivity index (χ1) is 13.1. The number of carbonyl (C=O) groups is 2. The summed E-state index contributed by atoms with van der Waals surface area (Å²) >= 11 is 0. The summed E-state index contributed by atoms with van der Waals surface area (Å²) in [7, 11) is 0. The number of piperazine rings is 1. The van der Waals surface area contributed by atoms with Crippen LogP contribution in [0.1, 0.15) is 10.5 Å². The van der Waals surface area contributed by atoms with Crippen molar-refractivity contribution >= 4 is 11.8 Å². The van der Waals surface area contributed by atoms with E-state index in [1.165, 1.54) is 12.1 Å². The highest BCUT2D eigenvalue weighted by Crippen LogP contribution is 2.31. The van der Waals surface area contributed by atoms with Gasteiger partial charge in [-0.1, -0.05) is 12.1 Å². The van der Waals surface area contributed by atoms with Gasteiger partial charge < -0.3 is 19.3 Å². The summed E-state index contributed by atoms with van der Waals surface area (Å²) in [6.07, 6.45) is -0.692. The standard InChI is InChI=1S/C18H18N4O5/c23-16-6-5-12(19-20-16)17(24)21-7-9-22(10-8-21)18(25)15-11-26-13-3-1-2-4-14(13)27-15/h1-6,15H,7-11H2,(H,20,23)/t15-/m1/s1. The van der Waals surface area contributed by atoms with Crippen molar-refractivity contribution < 1.29 is 19.1 Å². The summed E-state index contributed by atoms with van der Waals surface area (Å²) in [5, 5.41) is 6.01. The predicted octanol–water partition coefficient (Wildman–Crippen LogP) is -0.106. The topological polar surface area (TPSA) is 105 Å². The number of aromatic amines is 1. The van der Waals surface area contributed by atoms with Gasteiger partial charge in [0.1, 0.15) is 12.3 Å². The van der Waals surface area contributed by atoms with E-state index in [0.717, 1.165) is 0 Å². The lowest BCUT2D eigenvalue weighted by molar-refractivity contribution is -0.142. The van der Waals surface area contributed by atoms with Crippen LogP contribution in [0, 0.1) is 0 Å². The zero-order valence-corrected chi connectivity index (χ0v) is 14.5. The molecule has 27 heavy (non-hydrogen) atoms. The molecule has 1 aromatic heterocycles. The van der Waals surface area contributed by atoms with Gasteiger partial charge in [-0.2, -0.15) is 5.10 Å². The van der Waals surface area contributed by atoms with E-state index in [0.29, 0.717) is 37.7 Å². The number of nitrogens with one attached hydrogen (secondary N) is 1. The molecule has 0 saturated carbocycles. The van der Waals surface area contributed by atoms with Crippen LogP contribution in [0.3, 0.4) is 0 Å². The number of aromatic nitrogens is 2. The molecule has 140 valence electrons. The second kappa shape index (κ2) is 7.10. The fourth-order valence-corrected chi connectivity index (χ4v) is 3.10. The summed E-state index contributed by atoms with van der Waals surface area (Å²) in [5.41, 5.74) is -0.187. The van der Waals surface area contributed by atoms with E-state index >= 15 is 0 Å². The fraction of sp³-hybridized carbons (Fsp3) is 0.333. The molecule has 1 atom stereocenters. The molecule has 1 aromatic carbocycles. The zero-order chi connectivity index (χ0) is 18.8. The number of para-hydroxylation sites is 2. The molecule has 1 saturated heterocycles. The van der Waals surface area contributed by atoms with E-state index in [1.54, 1.807) is 21.9 Å². The van der Waals surface area contributed by atoms with Crippen molar-refractivity contribution in [3.05, 3.63) is 52.4 Å².